The number of rotatable bonds is 4. The van der Waals surface area contributed by atoms with Crippen LogP contribution in [0.2, 0.25) is 0 Å². The van der Waals surface area contributed by atoms with Gasteiger partial charge in [-0.05, 0) is 68.0 Å². The van der Waals surface area contributed by atoms with Gasteiger partial charge in [0.15, 0.2) is 0 Å². The Balaban J connectivity index is 2.08. The van der Waals surface area contributed by atoms with E-state index in [0.717, 1.165) is 36.0 Å². The van der Waals surface area contributed by atoms with Crippen molar-refractivity contribution in [2.45, 2.75) is 42.4 Å². The van der Waals surface area contributed by atoms with Gasteiger partial charge in [0.2, 0.25) is 0 Å². The summed E-state index contributed by atoms with van der Waals surface area (Å²) >= 11 is 0. The molecule has 0 atom stereocenters. The third-order valence-electron chi connectivity index (χ3n) is 4.30. The zero-order chi connectivity index (χ0) is 18.2. The van der Waals surface area contributed by atoms with E-state index in [1.165, 1.54) is 24.3 Å². The lowest BCUT2D eigenvalue weighted by Gasteiger charge is -2.19. The topological polar surface area (TPSA) is 101 Å². The van der Waals surface area contributed by atoms with Gasteiger partial charge >= 0.3 is 0 Å². The average Bonchev–Trinajstić information content (AvgIpc) is 2.53. The highest BCUT2D eigenvalue weighted by Crippen LogP contribution is 2.31. The van der Waals surface area contributed by atoms with Crippen molar-refractivity contribution in [3.8, 4) is 0 Å². The molecule has 2 aromatic rings. The van der Waals surface area contributed by atoms with Crippen molar-refractivity contribution in [3.63, 3.8) is 0 Å². The minimum Gasteiger partial charge on any atom is -0.282 e. The minimum atomic E-state index is -4.56. The Morgan fingerprint density at radius 1 is 0.920 bits per heavy atom. The summed E-state index contributed by atoms with van der Waals surface area (Å²) in [6.45, 7) is 1.84. The molecule has 0 spiro atoms. The summed E-state index contributed by atoms with van der Waals surface area (Å²) < 4.78 is 60.4. The number of hydrogen-bond donors (Lipinski definition) is 2. The average molecular weight is 381 g/mol. The van der Waals surface area contributed by atoms with E-state index in [2.05, 4.69) is 4.72 Å². The second-order valence-corrected chi connectivity index (χ2v) is 9.29. The van der Waals surface area contributed by atoms with Crippen molar-refractivity contribution in [1.29, 1.82) is 0 Å². The smallest absolute Gasteiger partial charge is 0.282 e. The molecule has 0 saturated carbocycles. The summed E-state index contributed by atoms with van der Waals surface area (Å²) in [7, 11) is -8.52. The van der Waals surface area contributed by atoms with Crippen LogP contribution in [0.3, 0.4) is 0 Å². The van der Waals surface area contributed by atoms with Crippen molar-refractivity contribution in [1.82, 2.24) is 0 Å². The Hall–Kier alpha value is -1.90. The lowest BCUT2D eigenvalue weighted by Crippen LogP contribution is -2.17. The van der Waals surface area contributed by atoms with Crippen LogP contribution in [0.5, 0.6) is 0 Å². The van der Waals surface area contributed by atoms with Crippen molar-refractivity contribution in [3.05, 3.63) is 53.1 Å². The second-order valence-electron chi connectivity index (χ2n) is 6.22. The van der Waals surface area contributed by atoms with Gasteiger partial charge in [-0.1, -0.05) is 17.7 Å². The standard InChI is InChI=1S/C17H19NO5S2/c1-12-6-8-15(9-7-12)24(19,20)18-16-10-13-4-2-3-5-14(13)11-17(16)25(21,22)23/h6-11,18H,2-5H2,1H3,(H,21,22,23). The van der Waals surface area contributed by atoms with E-state index in [0.29, 0.717) is 6.42 Å². The zero-order valence-corrected chi connectivity index (χ0v) is 15.3. The molecule has 2 aromatic carbocycles. The number of anilines is 1. The highest BCUT2D eigenvalue weighted by atomic mass is 32.2. The van der Waals surface area contributed by atoms with Crippen LogP contribution in [-0.4, -0.2) is 21.4 Å². The maximum atomic E-state index is 12.6. The number of aryl methyl sites for hydroxylation is 3. The van der Waals surface area contributed by atoms with Gasteiger partial charge in [0.1, 0.15) is 4.90 Å². The molecule has 0 fully saturated rings. The summed E-state index contributed by atoms with van der Waals surface area (Å²) in [6, 6.07) is 9.10. The lowest BCUT2D eigenvalue weighted by molar-refractivity contribution is 0.483. The molecule has 0 amide bonds. The Morgan fingerprint density at radius 3 is 2.04 bits per heavy atom. The molecule has 134 valence electrons. The predicted octanol–water partition coefficient (Wildman–Crippen LogP) is 2.92. The molecule has 0 bridgehead atoms. The summed E-state index contributed by atoms with van der Waals surface area (Å²) in [5.74, 6) is 0. The van der Waals surface area contributed by atoms with Gasteiger partial charge in [-0.15, -0.1) is 0 Å². The van der Waals surface area contributed by atoms with E-state index in [9.17, 15) is 21.4 Å². The highest BCUT2D eigenvalue weighted by molar-refractivity contribution is 7.93. The van der Waals surface area contributed by atoms with Crippen LogP contribution in [-0.2, 0) is 33.0 Å². The molecule has 3 rings (SSSR count). The van der Waals surface area contributed by atoms with E-state index < -0.39 is 25.0 Å². The number of benzene rings is 2. The van der Waals surface area contributed by atoms with Gasteiger partial charge in [-0.2, -0.15) is 8.42 Å². The van der Waals surface area contributed by atoms with Crippen molar-refractivity contribution in [2.75, 3.05) is 4.72 Å². The fourth-order valence-corrected chi connectivity index (χ4v) is 4.79. The van der Waals surface area contributed by atoms with Crippen LogP contribution in [0.15, 0.2) is 46.2 Å². The molecule has 8 heteroatoms. The normalized spacial score (nSPS) is 14.8. The van der Waals surface area contributed by atoms with Gasteiger partial charge in [0.05, 0.1) is 10.6 Å². The zero-order valence-electron chi connectivity index (χ0n) is 13.7. The minimum absolute atomic E-state index is 0.0251. The Labute approximate surface area is 147 Å². The van der Waals surface area contributed by atoms with E-state index in [1.54, 1.807) is 12.1 Å². The third-order valence-corrected chi connectivity index (χ3v) is 6.57. The van der Waals surface area contributed by atoms with Crippen molar-refractivity contribution in [2.24, 2.45) is 0 Å². The SMILES string of the molecule is Cc1ccc(S(=O)(=O)Nc2cc3c(cc2S(=O)(=O)O)CCCC3)cc1. The lowest BCUT2D eigenvalue weighted by atomic mass is 9.91. The fourth-order valence-electron chi connectivity index (χ4n) is 2.98. The molecule has 6 nitrogen and oxygen atoms in total. The molecule has 1 aliphatic carbocycles. The first-order valence-corrected chi connectivity index (χ1v) is 10.8. The van der Waals surface area contributed by atoms with E-state index in [4.69, 9.17) is 0 Å². The first-order chi connectivity index (χ1) is 11.7. The molecule has 0 heterocycles. The Morgan fingerprint density at radius 2 is 1.48 bits per heavy atom. The molecule has 1 aliphatic rings. The van der Waals surface area contributed by atoms with E-state index in [1.807, 2.05) is 6.92 Å². The molecule has 0 unspecified atom stereocenters. The number of sulfonamides is 1. The summed E-state index contributed by atoms with van der Waals surface area (Å²) in [5.41, 5.74) is 2.52. The van der Waals surface area contributed by atoms with Crippen LogP contribution in [0, 0.1) is 6.92 Å². The second kappa shape index (κ2) is 6.44. The van der Waals surface area contributed by atoms with Crippen LogP contribution in [0.25, 0.3) is 0 Å². The van der Waals surface area contributed by atoms with Gasteiger partial charge in [0.25, 0.3) is 20.1 Å². The quantitative estimate of drug-likeness (QED) is 0.793. The number of hydrogen-bond acceptors (Lipinski definition) is 4. The molecule has 0 aromatic heterocycles. The summed E-state index contributed by atoms with van der Waals surface area (Å²) in [4.78, 5) is -0.388. The van der Waals surface area contributed by atoms with Gasteiger partial charge in [-0.3, -0.25) is 9.27 Å². The van der Waals surface area contributed by atoms with E-state index >= 15 is 0 Å². The van der Waals surface area contributed by atoms with Gasteiger partial charge < -0.3 is 0 Å². The molecule has 25 heavy (non-hydrogen) atoms. The first kappa shape index (κ1) is 17.9. The van der Waals surface area contributed by atoms with Gasteiger partial charge in [0, 0.05) is 0 Å². The summed E-state index contributed by atoms with van der Waals surface area (Å²) in [6.07, 6.45) is 3.36. The number of fused-ring (bicyclic) bond motifs is 1. The first-order valence-electron chi connectivity index (χ1n) is 7.89. The van der Waals surface area contributed by atoms with Gasteiger partial charge in [-0.25, -0.2) is 8.42 Å². The maximum absolute atomic E-state index is 12.6. The number of nitrogens with one attached hydrogen (secondary N) is 1. The molecule has 2 N–H and O–H groups in total. The van der Waals surface area contributed by atoms with E-state index in [-0.39, 0.29) is 10.6 Å². The fraction of sp³-hybridized carbons (Fsp3) is 0.294. The molecule has 0 aliphatic heterocycles. The Bertz CT molecular complexity index is 1010. The highest BCUT2D eigenvalue weighted by Gasteiger charge is 2.24. The van der Waals surface area contributed by atoms with Crippen LogP contribution in [0.1, 0.15) is 29.5 Å². The monoisotopic (exact) mass is 381 g/mol. The molecule has 0 radical (unpaired) electrons. The Kier molecular flexibility index (Phi) is 4.61. The van der Waals surface area contributed by atoms with Crippen molar-refractivity contribution < 1.29 is 21.4 Å². The third kappa shape index (κ3) is 3.86. The predicted molar refractivity (Wildman–Crippen MR) is 94.9 cm³/mol. The molecular formula is C17H19NO5S2. The molecular weight excluding hydrogens is 362 g/mol. The van der Waals surface area contributed by atoms with Crippen LogP contribution < -0.4 is 4.72 Å². The molecule has 0 saturated heterocycles. The van der Waals surface area contributed by atoms with Crippen LogP contribution in [0.4, 0.5) is 5.69 Å². The van der Waals surface area contributed by atoms with Crippen molar-refractivity contribution >= 4 is 25.8 Å². The largest absolute Gasteiger partial charge is 0.296 e. The summed E-state index contributed by atoms with van der Waals surface area (Å²) in [5, 5.41) is 0. The maximum Gasteiger partial charge on any atom is 0.296 e. The van der Waals surface area contributed by atoms with Crippen LogP contribution >= 0.6 is 0 Å².